The summed E-state index contributed by atoms with van der Waals surface area (Å²) < 4.78 is 42.2. The van der Waals surface area contributed by atoms with Gasteiger partial charge in [0.1, 0.15) is 5.69 Å². The van der Waals surface area contributed by atoms with Crippen molar-refractivity contribution < 1.29 is 18.0 Å². The Morgan fingerprint density at radius 3 is 2.84 bits per heavy atom. The highest BCUT2D eigenvalue weighted by atomic mass is 19.4. The highest BCUT2D eigenvalue weighted by Gasteiger charge is 2.33. The van der Waals surface area contributed by atoms with Crippen molar-refractivity contribution in [3.8, 4) is 11.3 Å². The van der Waals surface area contributed by atoms with E-state index in [0.717, 1.165) is 24.4 Å². The molecule has 0 saturated carbocycles. The Labute approximate surface area is 173 Å². The van der Waals surface area contributed by atoms with Crippen molar-refractivity contribution >= 4 is 11.6 Å². The zero-order valence-electron chi connectivity index (χ0n) is 16.0. The molecule has 4 aromatic rings. The van der Waals surface area contributed by atoms with Crippen LogP contribution in [0.15, 0.2) is 48.8 Å². The van der Waals surface area contributed by atoms with Gasteiger partial charge in [-0.15, -0.1) is 5.10 Å². The number of nitrogens with zero attached hydrogens (tertiary/aromatic N) is 6. The summed E-state index contributed by atoms with van der Waals surface area (Å²) in [5.74, 6) is -0.375. The number of aryl methyl sites for hydroxylation is 1. The second-order valence-corrected chi connectivity index (χ2v) is 7.21. The fourth-order valence-electron chi connectivity index (χ4n) is 3.67. The van der Waals surface area contributed by atoms with E-state index < -0.39 is 17.8 Å². The van der Waals surface area contributed by atoms with E-state index in [1.165, 1.54) is 10.6 Å². The molecule has 0 spiro atoms. The van der Waals surface area contributed by atoms with Gasteiger partial charge in [-0.05, 0) is 43.2 Å². The van der Waals surface area contributed by atoms with Gasteiger partial charge in [0.25, 0.3) is 5.91 Å². The standard InChI is InChI=1S/C20H16F3N7O/c21-20(22,23)16-10-12(6-7-24-16)14-11-15-13(4-3-9-29(15)27-14)25-19(31)18-26-17-5-1-2-8-30(17)28-18/h1-2,5-8,10-11,13H,3-4,9H2,(H,25,31)/t13-/m0/s1. The fourth-order valence-corrected chi connectivity index (χ4v) is 3.67. The Bertz CT molecular complexity index is 1240. The topological polar surface area (TPSA) is 90.0 Å². The van der Waals surface area contributed by atoms with Crippen LogP contribution in [0.1, 0.15) is 40.9 Å². The molecule has 4 aromatic heterocycles. The molecule has 31 heavy (non-hydrogen) atoms. The summed E-state index contributed by atoms with van der Waals surface area (Å²) in [6.07, 6.45) is -0.279. The van der Waals surface area contributed by atoms with Crippen molar-refractivity contribution in [2.24, 2.45) is 0 Å². The third kappa shape index (κ3) is 3.62. The quantitative estimate of drug-likeness (QED) is 0.542. The summed E-state index contributed by atoms with van der Waals surface area (Å²) in [6, 6.07) is 9.15. The lowest BCUT2D eigenvalue weighted by Gasteiger charge is -2.23. The third-order valence-electron chi connectivity index (χ3n) is 5.13. The van der Waals surface area contributed by atoms with Crippen molar-refractivity contribution in [1.29, 1.82) is 0 Å². The van der Waals surface area contributed by atoms with E-state index in [9.17, 15) is 18.0 Å². The van der Waals surface area contributed by atoms with Gasteiger partial charge in [0.05, 0.1) is 17.4 Å². The van der Waals surface area contributed by atoms with Crippen LogP contribution in [-0.4, -0.2) is 35.3 Å². The number of hydrogen-bond donors (Lipinski definition) is 1. The van der Waals surface area contributed by atoms with E-state index in [1.807, 2.05) is 0 Å². The first-order valence-electron chi connectivity index (χ1n) is 9.62. The highest BCUT2D eigenvalue weighted by Crippen LogP contribution is 2.32. The molecule has 0 saturated heterocycles. The van der Waals surface area contributed by atoms with Crippen LogP contribution in [-0.2, 0) is 12.7 Å². The summed E-state index contributed by atoms with van der Waals surface area (Å²) in [5, 5.41) is 11.5. The smallest absolute Gasteiger partial charge is 0.341 e. The molecule has 1 N–H and O–H groups in total. The number of carbonyl (C=O) groups is 1. The second kappa shape index (κ2) is 7.18. The summed E-state index contributed by atoms with van der Waals surface area (Å²) in [5.41, 5.74) is 1.02. The maximum atomic E-state index is 13.0. The van der Waals surface area contributed by atoms with Crippen molar-refractivity contribution in [3.05, 3.63) is 66.0 Å². The van der Waals surface area contributed by atoms with Crippen LogP contribution in [0.5, 0.6) is 0 Å². The van der Waals surface area contributed by atoms with Gasteiger partial charge in [-0.2, -0.15) is 18.3 Å². The van der Waals surface area contributed by atoms with Gasteiger partial charge >= 0.3 is 6.18 Å². The number of pyridine rings is 2. The van der Waals surface area contributed by atoms with Crippen LogP contribution in [0.25, 0.3) is 16.9 Å². The number of aromatic nitrogens is 6. The van der Waals surface area contributed by atoms with E-state index in [4.69, 9.17) is 0 Å². The molecular weight excluding hydrogens is 411 g/mol. The summed E-state index contributed by atoms with van der Waals surface area (Å²) in [7, 11) is 0. The Morgan fingerprint density at radius 1 is 1.16 bits per heavy atom. The molecule has 1 atom stereocenters. The van der Waals surface area contributed by atoms with Gasteiger partial charge in [0, 0.05) is 24.5 Å². The SMILES string of the molecule is O=C(N[C@H]1CCCn2nc(-c3ccnc(C(F)(F)F)c3)cc21)c1nc2ccccn2n1. The van der Waals surface area contributed by atoms with Gasteiger partial charge in [-0.1, -0.05) is 6.07 Å². The lowest BCUT2D eigenvalue weighted by Crippen LogP contribution is -2.33. The molecule has 1 amide bonds. The maximum Gasteiger partial charge on any atom is 0.433 e. The number of fused-ring (bicyclic) bond motifs is 2. The first kappa shape index (κ1) is 19.2. The number of nitrogens with one attached hydrogen (secondary N) is 1. The molecule has 0 fully saturated rings. The van der Waals surface area contributed by atoms with Crippen molar-refractivity contribution in [3.63, 3.8) is 0 Å². The van der Waals surface area contributed by atoms with Crippen LogP contribution < -0.4 is 5.32 Å². The molecule has 158 valence electrons. The first-order valence-corrected chi connectivity index (χ1v) is 9.62. The number of rotatable bonds is 3. The van der Waals surface area contributed by atoms with Crippen molar-refractivity contribution in [2.75, 3.05) is 0 Å². The molecule has 11 heteroatoms. The third-order valence-corrected chi connectivity index (χ3v) is 5.13. The average Bonchev–Trinajstić information content (AvgIpc) is 3.38. The Hall–Kier alpha value is -3.76. The molecule has 0 aliphatic carbocycles. The maximum absolute atomic E-state index is 13.0. The predicted molar refractivity (Wildman–Crippen MR) is 103 cm³/mol. The minimum Gasteiger partial charge on any atom is -0.341 e. The van der Waals surface area contributed by atoms with Gasteiger partial charge in [0.2, 0.25) is 5.82 Å². The molecule has 0 radical (unpaired) electrons. The van der Waals surface area contributed by atoms with E-state index >= 15 is 0 Å². The number of hydrogen-bond acceptors (Lipinski definition) is 5. The minimum atomic E-state index is -4.53. The zero-order valence-corrected chi connectivity index (χ0v) is 16.0. The van der Waals surface area contributed by atoms with Gasteiger partial charge in [0.15, 0.2) is 5.65 Å². The fraction of sp³-hybridized carbons (Fsp3) is 0.250. The van der Waals surface area contributed by atoms with Crippen molar-refractivity contribution in [2.45, 2.75) is 31.6 Å². The molecule has 5 rings (SSSR count). The Morgan fingerprint density at radius 2 is 2.03 bits per heavy atom. The summed E-state index contributed by atoms with van der Waals surface area (Å²) in [6.45, 7) is 0.617. The second-order valence-electron chi connectivity index (χ2n) is 7.21. The number of halogens is 3. The van der Waals surface area contributed by atoms with E-state index in [0.29, 0.717) is 29.9 Å². The normalized spacial score (nSPS) is 16.3. The van der Waals surface area contributed by atoms with E-state index in [-0.39, 0.29) is 11.9 Å². The lowest BCUT2D eigenvalue weighted by molar-refractivity contribution is -0.141. The largest absolute Gasteiger partial charge is 0.433 e. The molecule has 1 aliphatic heterocycles. The van der Waals surface area contributed by atoms with Crippen LogP contribution in [0.4, 0.5) is 13.2 Å². The Balaban J connectivity index is 1.42. The molecular formula is C20H16F3N7O. The highest BCUT2D eigenvalue weighted by molar-refractivity contribution is 5.91. The predicted octanol–water partition coefficient (Wildman–Crippen LogP) is 3.27. The van der Waals surface area contributed by atoms with E-state index in [1.54, 1.807) is 35.1 Å². The van der Waals surface area contributed by atoms with Gasteiger partial charge in [-0.25, -0.2) is 9.50 Å². The number of carbonyl (C=O) groups excluding carboxylic acids is 1. The lowest BCUT2D eigenvalue weighted by atomic mass is 10.0. The number of alkyl halides is 3. The molecule has 0 unspecified atom stereocenters. The van der Waals surface area contributed by atoms with Crippen LogP contribution in [0.2, 0.25) is 0 Å². The average molecular weight is 427 g/mol. The molecule has 0 bridgehead atoms. The monoisotopic (exact) mass is 427 g/mol. The van der Waals surface area contributed by atoms with Crippen LogP contribution in [0, 0.1) is 0 Å². The minimum absolute atomic E-state index is 0.0482. The van der Waals surface area contributed by atoms with Crippen LogP contribution >= 0.6 is 0 Å². The number of amides is 1. The zero-order chi connectivity index (χ0) is 21.6. The first-order chi connectivity index (χ1) is 14.9. The van der Waals surface area contributed by atoms with E-state index in [2.05, 4.69) is 25.5 Å². The van der Waals surface area contributed by atoms with Gasteiger partial charge in [-0.3, -0.25) is 14.5 Å². The summed E-state index contributed by atoms with van der Waals surface area (Å²) in [4.78, 5) is 20.3. The molecule has 0 aromatic carbocycles. The summed E-state index contributed by atoms with van der Waals surface area (Å²) >= 11 is 0. The molecule has 8 nitrogen and oxygen atoms in total. The van der Waals surface area contributed by atoms with Crippen molar-refractivity contribution in [1.82, 2.24) is 34.7 Å². The van der Waals surface area contributed by atoms with Gasteiger partial charge < -0.3 is 5.32 Å². The molecule has 1 aliphatic rings. The van der Waals surface area contributed by atoms with Crippen LogP contribution in [0.3, 0.4) is 0 Å². The molecule has 5 heterocycles. The Kier molecular flexibility index (Phi) is 4.45.